The maximum atomic E-state index is 14.9. The van der Waals surface area contributed by atoms with Gasteiger partial charge in [0, 0.05) is 15.3 Å². The summed E-state index contributed by atoms with van der Waals surface area (Å²) in [5, 5.41) is -2.45. The highest BCUT2D eigenvalue weighted by molar-refractivity contribution is 7.15. The summed E-state index contributed by atoms with van der Waals surface area (Å²) in [5.74, 6) is -9.78. The molecule has 0 nitrogen and oxygen atoms in total. The molecule has 0 atom stereocenters. The predicted molar refractivity (Wildman–Crippen MR) is 86.0 cm³/mol. The largest absolute Gasteiger partial charge is 0.206 e. The molecule has 0 unspecified atom stereocenters. The molecule has 0 aliphatic rings. The van der Waals surface area contributed by atoms with Crippen LogP contribution in [0.3, 0.4) is 0 Å². The van der Waals surface area contributed by atoms with E-state index in [1.54, 1.807) is 20.8 Å². The van der Waals surface area contributed by atoms with Crippen molar-refractivity contribution < 1.29 is 26.3 Å². The summed E-state index contributed by atoms with van der Waals surface area (Å²) in [5.41, 5.74) is -0.409. The lowest BCUT2D eigenvalue weighted by Crippen LogP contribution is -2.05. The molecule has 0 spiro atoms. The smallest absolute Gasteiger partial charge is 0.171 e. The van der Waals surface area contributed by atoms with Gasteiger partial charge in [-0.1, -0.05) is 0 Å². The first-order chi connectivity index (χ1) is 11.6. The summed E-state index contributed by atoms with van der Waals surface area (Å²) in [7, 11) is 0. The first-order valence-electron chi connectivity index (χ1n) is 7.29. The van der Waals surface area contributed by atoms with Gasteiger partial charge in [0.05, 0.1) is 16.3 Å². The zero-order valence-corrected chi connectivity index (χ0v) is 14.5. The topological polar surface area (TPSA) is 0 Å². The Kier molecular flexibility index (Phi) is 4.10. The molecule has 0 saturated heterocycles. The molecule has 0 radical (unpaired) electrons. The zero-order valence-electron chi connectivity index (χ0n) is 13.7. The van der Waals surface area contributed by atoms with Gasteiger partial charge in [0.25, 0.3) is 0 Å². The number of benzene rings is 2. The molecular weight excluding hydrogens is 362 g/mol. The van der Waals surface area contributed by atoms with E-state index in [0.29, 0.717) is 5.56 Å². The highest BCUT2D eigenvalue weighted by Crippen LogP contribution is 2.43. The maximum absolute atomic E-state index is 14.9. The van der Waals surface area contributed by atoms with Gasteiger partial charge in [0.1, 0.15) is 11.6 Å². The number of aryl methyl sites for hydroxylation is 1. The van der Waals surface area contributed by atoms with Crippen molar-refractivity contribution in [1.29, 1.82) is 0 Å². The lowest BCUT2D eigenvalue weighted by Gasteiger charge is -2.13. The van der Waals surface area contributed by atoms with E-state index in [9.17, 15) is 26.3 Å². The number of fused-ring (bicyclic) bond motifs is 1. The van der Waals surface area contributed by atoms with Crippen LogP contribution in [0, 0.1) is 62.6 Å². The minimum absolute atomic E-state index is 0.0617. The van der Waals surface area contributed by atoms with Gasteiger partial charge in [0.2, 0.25) is 0 Å². The van der Waals surface area contributed by atoms with Gasteiger partial charge in [-0.15, -0.1) is 11.3 Å². The fourth-order valence-corrected chi connectivity index (χ4v) is 4.01. The number of halogens is 6. The highest BCUT2D eigenvalue weighted by atomic mass is 32.1. The van der Waals surface area contributed by atoms with Crippen LogP contribution >= 0.6 is 11.3 Å². The summed E-state index contributed by atoms with van der Waals surface area (Å²) in [6, 6.07) is 0. The third-order valence-corrected chi connectivity index (χ3v) is 5.85. The molecule has 0 fully saturated rings. The second-order valence-corrected chi connectivity index (χ2v) is 7.10. The Bertz CT molecular complexity index is 1050. The van der Waals surface area contributed by atoms with E-state index < -0.39 is 56.8 Å². The molecule has 132 valence electrons. The average Bonchev–Trinajstić information content (AvgIpc) is 2.82. The van der Waals surface area contributed by atoms with Gasteiger partial charge < -0.3 is 0 Å². The van der Waals surface area contributed by atoms with Crippen molar-refractivity contribution >= 4 is 22.1 Å². The molecule has 25 heavy (non-hydrogen) atoms. The van der Waals surface area contributed by atoms with Crippen LogP contribution < -0.4 is 0 Å². The number of rotatable bonds is 1. The normalized spacial score (nSPS) is 11.6. The van der Waals surface area contributed by atoms with Crippen LogP contribution in [0.5, 0.6) is 0 Å². The zero-order chi connectivity index (χ0) is 18.8. The molecule has 0 bridgehead atoms. The van der Waals surface area contributed by atoms with E-state index in [0.717, 1.165) is 28.7 Å². The minimum atomic E-state index is -1.74. The van der Waals surface area contributed by atoms with Crippen molar-refractivity contribution in [1.82, 2.24) is 0 Å². The van der Waals surface area contributed by atoms with E-state index in [-0.39, 0.29) is 4.88 Å². The van der Waals surface area contributed by atoms with E-state index in [4.69, 9.17) is 0 Å². The molecule has 1 aromatic heterocycles. The molecule has 0 N–H and O–H groups in total. The Morgan fingerprint density at radius 2 is 1.04 bits per heavy atom. The minimum Gasteiger partial charge on any atom is -0.206 e. The third kappa shape index (κ3) is 2.28. The van der Waals surface area contributed by atoms with Gasteiger partial charge in [-0.2, -0.15) is 0 Å². The van der Waals surface area contributed by atoms with Crippen LogP contribution in [-0.4, -0.2) is 0 Å². The third-order valence-electron chi connectivity index (χ3n) is 4.52. The van der Waals surface area contributed by atoms with Gasteiger partial charge in [-0.3, -0.25) is 0 Å². The summed E-state index contributed by atoms with van der Waals surface area (Å²) in [6.45, 7) is 5.89. The van der Waals surface area contributed by atoms with Crippen molar-refractivity contribution in [3.63, 3.8) is 0 Å². The Balaban J connectivity index is 2.58. The Morgan fingerprint density at radius 3 is 1.56 bits per heavy atom. The summed E-state index contributed by atoms with van der Waals surface area (Å²) in [4.78, 5) is 0.806. The molecule has 3 aromatic rings. The van der Waals surface area contributed by atoms with Gasteiger partial charge in [0.15, 0.2) is 23.3 Å². The highest BCUT2D eigenvalue weighted by Gasteiger charge is 2.30. The Morgan fingerprint density at radius 1 is 0.520 bits per heavy atom. The van der Waals surface area contributed by atoms with Gasteiger partial charge in [-0.05, 0) is 38.8 Å². The van der Waals surface area contributed by atoms with Crippen LogP contribution in [0.2, 0.25) is 0 Å². The van der Waals surface area contributed by atoms with Crippen molar-refractivity contribution in [3.05, 3.63) is 56.5 Å². The van der Waals surface area contributed by atoms with Crippen molar-refractivity contribution in [2.75, 3.05) is 0 Å². The van der Waals surface area contributed by atoms with E-state index >= 15 is 0 Å². The lowest BCUT2D eigenvalue weighted by atomic mass is 9.98. The fraction of sp³-hybridized carbons (Fsp3) is 0.222. The molecule has 0 aliphatic carbocycles. The van der Waals surface area contributed by atoms with Crippen LogP contribution in [0.1, 0.15) is 21.6 Å². The summed E-state index contributed by atoms with van der Waals surface area (Å²) < 4.78 is 86.1. The summed E-state index contributed by atoms with van der Waals surface area (Å²) >= 11 is 1.00. The molecule has 3 rings (SSSR count). The molecular formula is C18H12F6S. The standard InChI is InChI=1S/C18H12F6S/c1-5-6(2)18(25-8(5)4)11-14(21)10-9(16(23)17(11)24)12(19)7(3)13(20)15(10)22/h1-4H3. The molecule has 0 saturated carbocycles. The second kappa shape index (κ2) is 5.76. The van der Waals surface area contributed by atoms with E-state index in [1.807, 2.05) is 0 Å². The van der Waals surface area contributed by atoms with Crippen LogP contribution in [0.4, 0.5) is 26.3 Å². The maximum Gasteiger partial charge on any atom is 0.171 e. The van der Waals surface area contributed by atoms with Crippen LogP contribution in [-0.2, 0) is 0 Å². The van der Waals surface area contributed by atoms with Crippen LogP contribution in [0.25, 0.3) is 21.2 Å². The average molecular weight is 374 g/mol. The van der Waals surface area contributed by atoms with Crippen molar-refractivity contribution in [3.8, 4) is 10.4 Å². The number of hydrogen-bond acceptors (Lipinski definition) is 1. The number of thiophene rings is 1. The van der Waals surface area contributed by atoms with Crippen molar-refractivity contribution in [2.24, 2.45) is 0 Å². The van der Waals surface area contributed by atoms with Crippen LogP contribution in [0.15, 0.2) is 0 Å². The Labute approximate surface area is 143 Å². The first kappa shape index (κ1) is 17.8. The lowest BCUT2D eigenvalue weighted by molar-refractivity contribution is 0.478. The van der Waals surface area contributed by atoms with E-state index in [2.05, 4.69) is 0 Å². The molecule has 2 aromatic carbocycles. The second-order valence-electron chi connectivity index (χ2n) is 5.87. The predicted octanol–water partition coefficient (Wildman–Crippen LogP) is 6.64. The Hall–Kier alpha value is -2.02. The number of hydrogen-bond donors (Lipinski definition) is 0. The fourth-order valence-electron chi connectivity index (χ4n) is 2.81. The molecule has 7 heteroatoms. The van der Waals surface area contributed by atoms with Crippen molar-refractivity contribution in [2.45, 2.75) is 27.7 Å². The SMILES string of the molecule is Cc1sc(-c2c(F)c(F)c3c(F)c(C)c(F)c(F)c3c2F)c(C)c1C. The molecule has 1 heterocycles. The quantitative estimate of drug-likeness (QED) is 0.331. The molecule has 0 aliphatic heterocycles. The monoisotopic (exact) mass is 374 g/mol. The molecule has 0 amide bonds. The summed E-state index contributed by atoms with van der Waals surface area (Å²) in [6.07, 6.45) is 0. The van der Waals surface area contributed by atoms with Gasteiger partial charge in [-0.25, -0.2) is 26.3 Å². The van der Waals surface area contributed by atoms with E-state index in [1.165, 1.54) is 0 Å². The first-order valence-corrected chi connectivity index (χ1v) is 8.11. The van der Waals surface area contributed by atoms with Gasteiger partial charge >= 0.3 is 0 Å².